The van der Waals surface area contributed by atoms with Crippen molar-refractivity contribution in [2.45, 2.75) is 89.9 Å². The highest BCUT2D eigenvalue weighted by Gasteiger charge is 2.81. The van der Waals surface area contributed by atoms with Gasteiger partial charge in [0.2, 0.25) is 0 Å². The summed E-state index contributed by atoms with van der Waals surface area (Å²) in [7, 11) is 0.602. The number of hydrogen-bond donors (Lipinski definition) is 6. The molecule has 3 aliphatic carbocycles. The number of pyridine rings is 3. The van der Waals surface area contributed by atoms with E-state index >= 15 is 0 Å². The third-order valence-electron chi connectivity index (χ3n) is 20.9. The van der Waals surface area contributed by atoms with E-state index in [2.05, 4.69) is 62.7 Å². The number of carboxylic acids is 1. The van der Waals surface area contributed by atoms with Crippen LogP contribution in [0.5, 0.6) is 34.5 Å². The largest absolute Gasteiger partial charge is 0.495 e. The number of benzene rings is 6. The first kappa shape index (κ1) is 71.1. The number of aliphatic hydroxyl groups excluding tert-OH is 2. The van der Waals surface area contributed by atoms with Crippen molar-refractivity contribution >= 4 is 69.8 Å². The molecule has 1 saturated heterocycles. The quantitative estimate of drug-likeness (QED) is 0.0435. The molecule has 25 heteroatoms. The summed E-state index contributed by atoms with van der Waals surface area (Å²) in [5, 5.41) is 70.9. The molecule has 3 aromatic heterocycles. The maximum atomic E-state index is 12.7. The van der Waals surface area contributed by atoms with E-state index in [4.69, 9.17) is 37.3 Å². The number of aliphatic hydroxyl groups is 5. The molecule has 9 aromatic rings. The molecule has 15 atom stereocenters. The van der Waals surface area contributed by atoms with E-state index < -0.39 is 91.7 Å². The minimum absolute atomic E-state index is 0. The predicted octanol–water partition coefficient (Wildman–Crippen LogP) is 11.3. The fraction of sp³-hybridized carbons (Fsp3) is 0.303. The number of aliphatic carboxylic acids is 1. The standard InChI is InChI=1S/C25H24BrNO7S.C25H22BrNO6.C25H20BrNO5.CH4/c1-32-19-12-27-13-20-22(19)24(29)23(28)18(14-33-35(2,30)31)21(15-6-4-3-5-7-15)25(24,34-20)16-8-10-17(26)11-9-16;1-32-18-12-27-13-19-22(18)24(31)23(30)17(11-20(28)29)21(14-5-3-2-4-6-14)25(24,33-19)15-7-9-16(26)10-8-15;1-30-18-12-27-13-19-22(18)24(29)23-17(11-20(28)31-23)21(14-5-3-2-4-6-14)25(24,32-19)15-7-9-16(26)10-8-15;/h3-13,18,21,23,28-29H,14H2,1-2H3;2-10,12-13,17,21,23,30-31H,11H2,1H3,(H,28,29);2-10,12-13,17,21,23,29H,11H2,1H3;1H4/t18-,21-,23-,24+,25+;2*17-,21-,23-,24+,25+;/m111./s1. The Morgan fingerprint density at radius 1 is 0.515 bits per heavy atom. The van der Waals surface area contributed by atoms with Crippen LogP contribution in [-0.2, 0) is 62.2 Å². The average molecular weight is 1590 g/mol. The molecule has 0 spiro atoms. The zero-order valence-electron chi connectivity index (χ0n) is 53.8. The van der Waals surface area contributed by atoms with Gasteiger partial charge in [0.1, 0.15) is 40.6 Å². The maximum Gasteiger partial charge on any atom is 0.306 e. The summed E-state index contributed by atoms with van der Waals surface area (Å²) in [6.07, 6.45) is 6.08. The molecule has 7 aliphatic rings. The first-order valence-corrected chi connectivity index (χ1v) is 36.0. The highest BCUT2D eigenvalue weighted by atomic mass is 79.9. The summed E-state index contributed by atoms with van der Waals surface area (Å²) in [4.78, 5) is 37.0. The lowest BCUT2D eigenvalue weighted by molar-refractivity contribution is -0.175. The van der Waals surface area contributed by atoms with Crippen LogP contribution in [0.4, 0.5) is 0 Å². The van der Waals surface area contributed by atoms with E-state index in [-0.39, 0.29) is 78.8 Å². The van der Waals surface area contributed by atoms with E-state index in [1.807, 2.05) is 164 Å². The lowest BCUT2D eigenvalue weighted by Gasteiger charge is -2.41. The average Bonchev–Trinajstić information content (AvgIpc) is 1.53. The number of carbonyl (C=O) groups excluding carboxylic acids is 1. The third-order valence-corrected chi connectivity index (χ3v) is 23.0. The van der Waals surface area contributed by atoms with Gasteiger partial charge in [0, 0.05) is 48.9 Å². The lowest BCUT2D eigenvalue weighted by atomic mass is 9.70. The van der Waals surface area contributed by atoms with Crippen LogP contribution < -0.4 is 28.4 Å². The smallest absolute Gasteiger partial charge is 0.306 e. The summed E-state index contributed by atoms with van der Waals surface area (Å²) in [5.41, 5.74) is -4.52. The van der Waals surface area contributed by atoms with E-state index in [0.29, 0.717) is 28.2 Å². The van der Waals surface area contributed by atoms with Gasteiger partial charge in [-0.1, -0.05) is 183 Å². The van der Waals surface area contributed by atoms with Gasteiger partial charge in [0.25, 0.3) is 10.1 Å². The van der Waals surface area contributed by atoms with Crippen molar-refractivity contribution in [2.75, 3.05) is 34.2 Å². The van der Waals surface area contributed by atoms with Crippen molar-refractivity contribution < 1.29 is 86.0 Å². The highest BCUT2D eigenvalue weighted by Crippen LogP contribution is 2.74. The van der Waals surface area contributed by atoms with Gasteiger partial charge in [-0.15, -0.1) is 0 Å². The van der Waals surface area contributed by atoms with Crippen LogP contribution in [-0.4, -0.2) is 118 Å². The predicted molar refractivity (Wildman–Crippen MR) is 378 cm³/mol. The fourth-order valence-electron chi connectivity index (χ4n) is 17.3. The Labute approximate surface area is 607 Å². The van der Waals surface area contributed by atoms with E-state index in [9.17, 15) is 48.6 Å². The summed E-state index contributed by atoms with van der Waals surface area (Å²) < 4.78 is 74.0. The van der Waals surface area contributed by atoms with Gasteiger partial charge in [0.05, 0.1) is 113 Å². The first-order chi connectivity index (χ1) is 48.0. The van der Waals surface area contributed by atoms with Gasteiger partial charge in [-0.25, -0.2) is 0 Å². The number of halogens is 3. The summed E-state index contributed by atoms with van der Waals surface area (Å²) in [6.45, 7) is -0.355. The molecule has 3 saturated carbocycles. The van der Waals surface area contributed by atoms with Crippen molar-refractivity contribution in [3.05, 3.63) is 264 Å². The second kappa shape index (κ2) is 26.8. The number of carbonyl (C=O) groups is 2. The molecule has 6 aromatic carbocycles. The number of esters is 1. The van der Waals surface area contributed by atoms with Crippen molar-refractivity contribution in [1.29, 1.82) is 0 Å². The van der Waals surface area contributed by atoms with Gasteiger partial charge in [-0.3, -0.25) is 28.7 Å². The molecule has 4 aliphatic heterocycles. The van der Waals surface area contributed by atoms with Crippen LogP contribution in [0.25, 0.3) is 0 Å². The summed E-state index contributed by atoms with van der Waals surface area (Å²) in [6, 6.07) is 50.7. The molecule has 6 N–H and O–H groups in total. The molecular weight excluding hydrogens is 1510 g/mol. The number of carboxylic acid groups (broad SMARTS) is 1. The molecule has 0 radical (unpaired) electrons. The Kier molecular flexibility index (Phi) is 18.9. The van der Waals surface area contributed by atoms with Crippen LogP contribution in [0.3, 0.4) is 0 Å². The number of aromatic nitrogens is 3. The Bertz CT molecular complexity index is 4710. The lowest BCUT2D eigenvalue weighted by Crippen LogP contribution is -2.52. The van der Waals surface area contributed by atoms with Gasteiger partial charge in [0.15, 0.2) is 33.6 Å². The van der Waals surface area contributed by atoms with E-state index in [1.165, 1.54) is 46.1 Å². The van der Waals surface area contributed by atoms with Crippen molar-refractivity contribution in [2.24, 2.45) is 17.8 Å². The van der Waals surface area contributed by atoms with Crippen molar-refractivity contribution in [1.82, 2.24) is 15.0 Å². The van der Waals surface area contributed by atoms with Crippen molar-refractivity contribution in [3.8, 4) is 34.5 Å². The molecule has 524 valence electrons. The Hall–Kier alpha value is -8.34. The van der Waals surface area contributed by atoms with Crippen LogP contribution in [0.1, 0.15) is 88.1 Å². The Morgan fingerprint density at radius 3 is 1.21 bits per heavy atom. The molecule has 7 heterocycles. The van der Waals surface area contributed by atoms with Crippen LogP contribution >= 0.6 is 47.8 Å². The number of nitrogens with zero attached hydrogens (tertiary/aromatic N) is 3. The fourth-order valence-corrected chi connectivity index (χ4v) is 18.5. The number of methoxy groups -OCH3 is 3. The Morgan fingerprint density at radius 2 is 0.851 bits per heavy atom. The van der Waals surface area contributed by atoms with Gasteiger partial charge in [-0.05, 0) is 69.8 Å². The monoisotopic (exact) mass is 1580 g/mol. The number of hydrogen-bond acceptors (Lipinski definition) is 20. The zero-order chi connectivity index (χ0) is 70.5. The molecule has 0 bridgehead atoms. The van der Waals surface area contributed by atoms with Crippen LogP contribution in [0.15, 0.2) is 214 Å². The molecule has 0 unspecified atom stereocenters. The molecule has 0 amide bonds. The first-order valence-electron chi connectivity index (χ1n) is 31.8. The minimum Gasteiger partial charge on any atom is -0.495 e. The third kappa shape index (κ3) is 10.8. The number of fused-ring (bicyclic) bond motifs is 11. The van der Waals surface area contributed by atoms with Crippen LogP contribution in [0, 0.1) is 17.8 Å². The molecular formula is C76H70Br3N3O18S. The van der Waals surface area contributed by atoms with Gasteiger partial charge in [-0.2, -0.15) is 8.42 Å². The summed E-state index contributed by atoms with van der Waals surface area (Å²) >= 11 is 10.4. The molecule has 16 rings (SSSR count). The van der Waals surface area contributed by atoms with Gasteiger partial charge >= 0.3 is 11.9 Å². The normalized spacial score (nSPS) is 30.0. The second-order valence-electron chi connectivity index (χ2n) is 25.7. The van der Waals surface area contributed by atoms with Crippen molar-refractivity contribution in [3.63, 3.8) is 0 Å². The molecule has 21 nitrogen and oxygen atoms in total. The molecule has 101 heavy (non-hydrogen) atoms. The van der Waals surface area contributed by atoms with Gasteiger partial charge < -0.3 is 63.8 Å². The number of ether oxygens (including phenoxy) is 7. The minimum atomic E-state index is -3.82. The zero-order valence-corrected chi connectivity index (χ0v) is 59.4. The van der Waals surface area contributed by atoms with E-state index in [1.54, 1.807) is 12.4 Å². The summed E-state index contributed by atoms with van der Waals surface area (Å²) in [5.74, 6) is -3.20. The van der Waals surface area contributed by atoms with Crippen LogP contribution in [0.2, 0.25) is 0 Å². The number of rotatable bonds is 14. The highest BCUT2D eigenvalue weighted by molar-refractivity contribution is 9.11. The Balaban J connectivity index is 0.000000135. The second-order valence-corrected chi connectivity index (χ2v) is 30.1. The molecule has 4 fully saturated rings. The van der Waals surface area contributed by atoms with E-state index in [0.717, 1.165) is 41.9 Å². The maximum absolute atomic E-state index is 12.7. The topological polar surface area (TPSA) is 302 Å². The SMILES string of the molecule is C.COc1cncc2c1[C@]1(O)[C@@H]3OC(=O)C[C@@H]3[C@@H](c3ccccc3)[C@]1(c1ccc(Br)cc1)O2.COc1cncc2c1[C@]1(O)[C@H](O)[C@H](CC(=O)O)[C@@H](c3ccccc3)[C@]1(c1ccc(Br)cc1)O2.COc1cncc2c1[C@]1(O)[C@H](O)[C@H](COS(C)(=O)=O)[C@@H](c3ccccc3)[C@]1(c1ccc(Br)cc1)O2.